The second-order valence-corrected chi connectivity index (χ2v) is 6.74. The molecule has 1 aromatic rings. The fraction of sp³-hybridized carbons (Fsp3) is 0.455. The number of nitrogens with zero attached hydrogens (tertiary/aromatic N) is 2. The molecule has 0 amide bonds. The zero-order chi connectivity index (χ0) is 14.9. The number of nitrogen functional groups attached to an aromatic ring is 1. The summed E-state index contributed by atoms with van der Waals surface area (Å²) in [5, 5.41) is 1.22. The molecular formula is C11H16ClFN4O2S. The molecule has 6 nitrogen and oxygen atoms in total. The molecule has 0 atom stereocenters. The quantitative estimate of drug-likeness (QED) is 0.792. The lowest BCUT2D eigenvalue weighted by Crippen LogP contribution is -2.52. The Hall–Kier alpha value is -0.930. The topological polar surface area (TPSA) is 78.7 Å². The van der Waals surface area contributed by atoms with Crippen LogP contribution in [0.15, 0.2) is 17.0 Å². The molecule has 0 bridgehead atoms. The smallest absolute Gasteiger partial charge is 0.256 e. The van der Waals surface area contributed by atoms with E-state index in [-0.39, 0.29) is 10.7 Å². The molecule has 0 saturated carbocycles. The van der Waals surface area contributed by atoms with Gasteiger partial charge in [0.15, 0.2) is 5.82 Å². The van der Waals surface area contributed by atoms with Crippen LogP contribution in [0, 0.1) is 5.82 Å². The lowest BCUT2D eigenvalue weighted by atomic mass is 10.3. The van der Waals surface area contributed by atoms with Crippen molar-refractivity contribution in [3.8, 4) is 0 Å². The van der Waals surface area contributed by atoms with Gasteiger partial charge in [-0.2, -0.15) is 0 Å². The van der Waals surface area contributed by atoms with Crippen molar-refractivity contribution in [2.75, 3.05) is 39.0 Å². The standard InChI is InChI=1S/C11H16ClFN4O2S/c1-16-2-4-17(5-3-16)15-20(18,19)10-7-8(14)6-9(12)11(10)13/h6-7,15H,2-5,14H2,1H3. The summed E-state index contributed by atoms with van der Waals surface area (Å²) in [4.78, 5) is 3.88. The van der Waals surface area contributed by atoms with Gasteiger partial charge in [-0.15, -0.1) is 4.83 Å². The largest absolute Gasteiger partial charge is 0.399 e. The first-order valence-electron chi connectivity index (χ1n) is 6.00. The molecule has 1 aliphatic rings. The molecule has 0 unspecified atom stereocenters. The average molecular weight is 323 g/mol. The van der Waals surface area contributed by atoms with Crippen LogP contribution in [0.5, 0.6) is 0 Å². The van der Waals surface area contributed by atoms with Crippen molar-refractivity contribution < 1.29 is 12.8 Å². The summed E-state index contributed by atoms with van der Waals surface area (Å²) in [6, 6.07) is 2.23. The van der Waals surface area contributed by atoms with Crippen molar-refractivity contribution in [1.82, 2.24) is 14.7 Å². The highest BCUT2D eigenvalue weighted by atomic mass is 35.5. The summed E-state index contributed by atoms with van der Waals surface area (Å²) in [6.45, 7) is 2.49. The maximum absolute atomic E-state index is 13.9. The Morgan fingerprint density at radius 2 is 1.90 bits per heavy atom. The molecule has 0 aliphatic carbocycles. The van der Waals surface area contributed by atoms with Gasteiger partial charge >= 0.3 is 0 Å². The second-order valence-electron chi connectivity index (χ2n) is 4.70. The average Bonchev–Trinajstić information content (AvgIpc) is 2.36. The molecule has 0 radical (unpaired) electrons. The lowest BCUT2D eigenvalue weighted by molar-refractivity contribution is 0.134. The van der Waals surface area contributed by atoms with E-state index >= 15 is 0 Å². The summed E-state index contributed by atoms with van der Waals surface area (Å²) in [5.74, 6) is -0.998. The number of sulfonamides is 1. The molecule has 0 aromatic heterocycles. The van der Waals surface area contributed by atoms with Crippen LogP contribution in [0.1, 0.15) is 0 Å². The van der Waals surface area contributed by atoms with Crippen LogP contribution in [0.3, 0.4) is 0 Å². The highest BCUT2D eigenvalue weighted by Gasteiger charge is 2.25. The van der Waals surface area contributed by atoms with Gasteiger partial charge in [0, 0.05) is 31.9 Å². The second kappa shape index (κ2) is 5.82. The zero-order valence-corrected chi connectivity index (χ0v) is 12.5. The van der Waals surface area contributed by atoms with Crippen molar-refractivity contribution in [3.05, 3.63) is 23.0 Å². The number of benzene rings is 1. The highest BCUT2D eigenvalue weighted by Crippen LogP contribution is 2.25. The molecule has 1 heterocycles. The Labute approximate surface area is 122 Å². The van der Waals surface area contributed by atoms with Crippen molar-refractivity contribution in [1.29, 1.82) is 0 Å². The zero-order valence-electron chi connectivity index (χ0n) is 10.9. The van der Waals surface area contributed by atoms with Crippen LogP contribution < -0.4 is 10.6 Å². The number of hydrogen-bond acceptors (Lipinski definition) is 5. The Kier molecular flexibility index (Phi) is 4.50. The molecule has 1 fully saturated rings. The third kappa shape index (κ3) is 3.39. The maximum Gasteiger partial charge on any atom is 0.256 e. The number of nitrogens with one attached hydrogen (secondary N) is 1. The third-order valence-electron chi connectivity index (χ3n) is 3.06. The first-order valence-corrected chi connectivity index (χ1v) is 7.86. The maximum atomic E-state index is 13.9. The molecule has 1 aromatic carbocycles. The van der Waals surface area contributed by atoms with E-state index in [2.05, 4.69) is 9.73 Å². The van der Waals surface area contributed by atoms with E-state index in [4.69, 9.17) is 17.3 Å². The fourth-order valence-electron chi connectivity index (χ4n) is 1.90. The van der Waals surface area contributed by atoms with E-state index in [1.54, 1.807) is 0 Å². The predicted octanol–water partition coefficient (Wildman–Crippen LogP) is 0.502. The number of rotatable bonds is 3. The molecule has 1 aliphatic heterocycles. The van der Waals surface area contributed by atoms with E-state index in [0.29, 0.717) is 13.1 Å². The molecule has 3 N–H and O–H groups in total. The Morgan fingerprint density at radius 3 is 2.50 bits per heavy atom. The van der Waals surface area contributed by atoms with E-state index < -0.39 is 20.7 Å². The van der Waals surface area contributed by atoms with Gasteiger partial charge in [-0.25, -0.2) is 17.8 Å². The summed E-state index contributed by atoms with van der Waals surface area (Å²) >= 11 is 5.62. The van der Waals surface area contributed by atoms with Crippen molar-refractivity contribution in [2.24, 2.45) is 0 Å². The van der Waals surface area contributed by atoms with Crippen molar-refractivity contribution >= 4 is 27.3 Å². The molecule has 2 rings (SSSR count). The Bertz CT molecular complexity index is 603. The van der Waals surface area contributed by atoms with Gasteiger partial charge in [-0.05, 0) is 19.2 Å². The first kappa shape index (κ1) is 15.5. The van der Waals surface area contributed by atoms with E-state index in [1.807, 2.05) is 7.05 Å². The SMILES string of the molecule is CN1CCN(NS(=O)(=O)c2cc(N)cc(Cl)c2F)CC1. The van der Waals surface area contributed by atoms with Crippen LogP contribution in [-0.2, 0) is 10.0 Å². The Balaban J connectivity index is 2.23. The van der Waals surface area contributed by atoms with Gasteiger partial charge in [-0.3, -0.25) is 0 Å². The number of likely N-dealkylation sites (N-methyl/N-ethyl adjacent to an activating group) is 1. The number of piperazine rings is 1. The van der Waals surface area contributed by atoms with Gasteiger partial charge in [0.2, 0.25) is 0 Å². The minimum Gasteiger partial charge on any atom is -0.399 e. The lowest BCUT2D eigenvalue weighted by Gasteiger charge is -2.32. The van der Waals surface area contributed by atoms with Crippen molar-refractivity contribution in [2.45, 2.75) is 4.90 Å². The van der Waals surface area contributed by atoms with Gasteiger partial charge in [0.05, 0.1) is 5.02 Å². The van der Waals surface area contributed by atoms with Gasteiger partial charge in [0.25, 0.3) is 10.0 Å². The number of halogens is 2. The van der Waals surface area contributed by atoms with Crippen molar-refractivity contribution in [3.63, 3.8) is 0 Å². The highest BCUT2D eigenvalue weighted by molar-refractivity contribution is 7.89. The van der Waals surface area contributed by atoms with Crippen LogP contribution >= 0.6 is 11.6 Å². The van der Waals surface area contributed by atoms with Gasteiger partial charge in [0.1, 0.15) is 4.90 Å². The number of nitrogens with two attached hydrogens (primary N) is 1. The van der Waals surface area contributed by atoms with E-state index in [0.717, 1.165) is 19.2 Å². The molecule has 112 valence electrons. The first-order chi connectivity index (χ1) is 9.29. The molecular weight excluding hydrogens is 307 g/mol. The summed E-state index contributed by atoms with van der Waals surface area (Å²) in [6.07, 6.45) is 0. The molecule has 0 spiro atoms. The Morgan fingerprint density at radius 1 is 1.30 bits per heavy atom. The summed E-state index contributed by atoms with van der Waals surface area (Å²) in [7, 11) is -2.09. The van der Waals surface area contributed by atoms with Crippen LogP contribution in [0.4, 0.5) is 10.1 Å². The minimum atomic E-state index is -4.04. The normalized spacial score (nSPS) is 18.4. The van der Waals surface area contributed by atoms with Crippen LogP contribution in [0.25, 0.3) is 0 Å². The van der Waals surface area contributed by atoms with E-state index in [9.17, 15) is 12.8 Å². The summed E-state index contributed by atoms with van der Waals surface area (Å²) in [5.41, 5.74) is 5.61. The summed E-state index contributed by atoms with van der Waals surface area (Å²) < 4.78 is 38.2. The van der Waals surface area contributed by atoms with Gasteiger partial charge in [-0.1, -0.05) is 11.6 Å². The fourth-order valence-corrected chi connectivity index (χ4v) is 3.44. The third-order valence-corrected chi connectivity index (χ3v) is 4.71. The molecule has 20 heavy (non-hydrogen) atoms. The monoisotopic (exact) mass is 322 g/mol. The van der Waals surface area contributed by atoms with Crippen LogP contribution in [-0.4, -0.2) is 51.6 Å². The molecule has 1 saturated heterocycles. The number of hydrazine groups is 1. The van der Waals surface area contributed by atoms with Gasteiger partial charge < -0.3 is 10.6 Å². The minimum absolute atomic E-state index is 0.0927. The number of anilines is 1. The predicted molar refractivity (Wildman–Crippen MR) is 75.2 cm³/mol. The molecule has 9 heteroatoms. The number of hydrogen-bond donors (Lipinski definition) is 2. The van der Waals surface area contributed by atoms with E-state index in [1.165, 1.54) is 11.1 Å². The van der Waals surface area contributed by atoms with Crippen LogP contribution in [0.2, 0.25) is 5.02 Å².